The van der Waals surface area contributed by atoms with Crippen LogP contribution in [-0.4, -0.2) is 54.4 Å². The van der Waals surface area contributed by atoms with E-state index in [1.165, 1.54) is 11.9 Å². The predicted molar refractivity (Wildman–Crippen MR) is 91.6 cm³/mol. The molecule has 2 rings (SSSR count). The molecule has 3 atom stereocenters. The Morgan fingerprint density at radius 3 is 2.50 bits per heavy atom. The minimum absolute atomic E-state index is 0.296. The van der Waals surface area contributed by atoms with E-state index in [9.17, 15) is 19.2 Å². The van der Waals surface area contributed by atoms with Crippen molar-refractivity contribution in [3.05, 3.63) is 35.9 Å². The maximum atomic E-state index is 12.3. The van der Waals surface area contributed by atoms with Crippen LogP contribution in [-0.2, 0) is 19.1 Å². The van der Waals surface area contributed by atoms with Gasteiger partial charge in [0.05, 0.1) is 12.5 Å². The van der Waals surface area contributed by atoms with E-state index < -0.39 is 36.0 Å². The summed E-state index contributed by atoms with van der Waals surface area (Å²) in [4.78, 5) is 48.5. The van der Waals surface area contributed by atoms with Crippen LogP contribution in [0.3, 0.4) is 0 Å². The van der Waals surface area contributed by atoms with Crippen molar-refractivity contribution in [2.24, 2.45) is 5.73 Å². The van der Waals surface area contributed by atoms with Gasteiger partial charge in [-0.1, -0.05) is 30.3 Å². The molecule has 1 heterocycles. The number of carbonyl (C=O) groups is 4. The molecule has 0 radical (unpaired) electrons. The Balaban J connectivity index is 2.02. The summed E-state index contributed by atoms with van der Waals surface area (Å²) in [6, 6.07) is 7.74. The zero-order valence-corrected chi connectivity index (χ0v) is 14.6. The molecule has 1 aromatic carbocycles. The van der Waals surface area contributed by atoms with Gasteiger partial charge in [0, 0.05) is 7.05 Å². The van der Waals surface area contributed by atoms with Crippen LogP contribution >= 0.6 is 0 Å². The Morgan fingerprint density at radius 1 is 1.27 bits per heavy atom. The lowest BCUT2D eigenvalue weighted by molar-refractivity contribution is -0.131. The largest absolute Gasteiger partial charge is 0.439 e. The second-order valence-corrected chi connectivity index (χ2v) is 5.99. The highest BCUT2D eigenvalue weighted by Gasteiger charge is 2.40. The highest BCUT2D eigenvalue weighted by atomic mass is 16.6. The van der Waals surface area contributed by atoms with Crippen molar-refractivity contribution < 1.29 is 23.9 Å². The standard InChI is InChI=1S/C17H22N4O5/c1-10-15(11-6-4-3-5-7-11)26-17(25)21(10)9-14(23)20-12(8-13(18)22)16(24)19-2/h3-7,10,12,15H,8-9H2,1-2H3,(H2,18,22)(H,19,24)(H,20,23)/t10-,12-,15-/m0/s1. The number of primary amides is 1. The van der Waals surface area contributed by atoms with Gasteiger partial charge in [-0.05, 0) is 12.5 Å². The zero-order valence-electron chi connectivity index (χ0n) is 14.6. The van der Waals surface area contributed by atoms with E-state index >= 15 is 0 Å². The van der Waals surface area contributed by atoms with Crippen LogP contribution in [0.1, 0.15) is 25.0 Å². The van der Waals surface area contributed by atoms with Crippen molar-refractivity contribution >= 4 is 23.8 Å². The molecular weight excluding hydrogens is 340 g/mol. The number of rotatable bonds is 7. The van der Waals surface area contributed by atoms with Crippen LogP contribution in [0.4, 0.5) is 4.79 Å². The molecule has 0 saturated carbocycles. The summed E-state index contributed by atoms with van der Waals surface area (Å²) in [5.74, 6) is -1.86. The topological polar surface area (TPSA) is 131 Å². The molecule has 9 heteroatoms. The van der Waals surface area contributed by atoms with Crippen molar-refractivity contribution in [3.8, 4) is 0 Å². The molecule has 0 bridgehead atoms. The first kappa shape index (κ1) is 19.2. The number of amides is 4. The highest BCUT2D eigenvalue weighted by Crippen LogP contribution is 2.31. The van der Waals surface area contributed by atoms with Crippen LogP contribution in [0, 0.1) is 0 Å². The van der Waals surface area contributed by atoms with Gasteiger partial charge in [0.15, 0.2) is 0 Å². The van der Waals surface area contributed by atoms with E-state index in [1.54, 1.807) is 6.92 Å². The van der Waals surface area contributed by atoms with Crippen molar-refractivity contribution in [1.29, 1.82) is 0 Å². The molecule has 1 saturated heterocycles. The number of benzene rings is 1. The molecule has 0 aliphatic carbocycles. The van der Waals surface area contributed by atoms with Gasteiger partial charge >= 0.3 is 6.09 Å². The molecule has 0 unspecified atom stereocenters. The fourth-order valence-electron chi connectivity index (χ4n) is 2.78. The normalized spacial score (nSPS) is 20.2. The first-order valence-electron chi connectivity index (χ1n) is 8.15. The summed E-state index contributed by atoms with van der Waals surface area (Å²) in [5.41, 5.74) is 5.92. The maximum absolute atomic E-state index is 12.3. The molecule has 1 aliphatic heterocycles. The summed E-state index contributed by atoms with van der Waals surface area (Å²) < 4.78 is 5.36. The third kappa shape index (κ3) is 4.50. The Morgan fingerprint density at radius 2 is 1.92 bits per heavy atom. The number of cyclic esters (lactones) is 1. The van der Waals surface area contributed by atoms with Crippen LogP contribution in [0.15, 0.2) is 30.3 Å². The third-order valence-electron chi connectivity index (χ3n) is 4.14. The molecule has 1 aromatic rings. The Kier molecular flexibility index (Phi) is 6.16. The van der Waals surface area contributed by atoms with E-state index in [1.807, 2.05) is 30.3 Å². The number of nitrogens with one attached hydrogen (secondary N) is 2. The average Bonchev–Trinajstić information content (AvgIpc) is 2.89. The molecule has 1 aliphatic rings. The van der Waals surface area contributed by atoms with Gasteiger partial charge in [0.25, 0.3) is 0 Å². The number of carbonyl (C=O) groups excluding carboxylic acids is 4. The minimum atomic E-state index is -1.09. The van der Waals surface area contributed by atoms with Crippen molar-refractivity contribution in [2.75, 3.05) is 13.6 Å². The minimum Gasteiger partial charge on any atom is -0.439 e. The molecule has 140 valence electrons. The van der Waals surface area contributed by atoms with E-state index in [0.717, 1.165) is 5.56 Å². The van der Waals surface area contributed by atoms with Gasteiger partial charge in [-0.25, -0.2) is 4.79 Å². The van der Waals surface area contributed by atoms with Crippen LogP contribution in [0.25, 0.3) is 0 Å². The average molecular weight is 362 g/mol. The van der Waals surface area contributed by atoms with Crippen molar-refractivity contribution in [3.63, 3.8) is 0 Å². The summed E-state index contributed by atoms with van der Waals surface area (Å²) in [6.45, 7) is 1.48. The van der Waals surface area contributed by atoms with E-state index in [2.05, 4.69) is 10.6 Å². The Bertz CT molecular complexity index is 694. The summed E-state index contributed by atoms with van der Waals surface area (Å²) in [7, 11) is 1.38. The van der Waals surface area contributed by atoms with E-state index in [4.69, 9.17) is 10.5 Å². The van der Waals surface area contributed by atoms with Crippen molar-refractivity contribution in [2.45, 2.75) is 31.5 Å². The Hall–Kier alpha value is -3.10. The smallest absolute Gasteiger partial charge is 0.411 e. The van der Waals surface area contributed by atoms with Gasteiger partial charge in [0.1, 0.15) is 18.7 Å². The number of nitrogens with zero attached hydrogens (tertiary/aromatic N) is 1. The van der Waals surface area contributed by atoms with Crippen LogP contribution < -0.4 is 16.4 Å². The summed E-state index contributed by atoms with van der Waals surface area (Å²) >= 11 is 0. The molecule has 4 N–H and O–H groups in total. The SMILES string of the molecule is CNC(=O)[C@H](CC(N)=O)NC(=O)CN1C(=O)O[C@H](c2ccccc2)[C@@H]1C. The van der Waals surface area contributed by atoms with Gasteiger partial charge in [-0.2, -0.15) is 0 Å². The van der Waals surface area contributed by atoms with E-state index in [-0.39, 0.29) is 19.0 Å². The number of ether oxygens (including phenoxy) is 1. The van der Waals surface area contributed by atoms with Crippen LogP contribution in [0.2, 0.25) is 0 Å². The number of likely N-dealkylation sites (N-methyl/N-ethyl adjacent to an activating group) is 1. The van der Waals surface area contributed by atoms with E-state index in [0.29, 0.717) is 0 Å². The third-order valence-corrected chi connectivity index (χ3v) is 4.14. The zero-order chi connectivity index (χ0) is 19.3. The lowest BCUT2D eigenvalue weighted by Gasteiger charge is -2.22. The van der Waals surface area contributed by atoms with Gasteiger partial charge in [-0.3, -0.25) is 19.3 Å². The summed E-state index contributed by atoms with van der Waals surface area (Å²) in [5, 5.41) is 4.77. The molecule has 0 aromatic heterocycles. The van der Waals surface area contributed by atoms with Gasteiger partial charge in [0.2, 0.25) is 17.7 Å². The number of hydrogen-bond acceptors (Lipinski definition) is 5. The summed E-state index contributed by atoms with van der Waals surface area (Å²) in [6.07, 6.45) is -1.44. The number of hydrogen-bond donors (Lipinski definition) is 3. The van der Waals surface area contributed by atoms with Gasteiger partial charge < -0.3 is 21.1 Å². The quantitative estimate of drug-likeness (QED) is 0.611. The van der Waals surface area contributed by atoms with Gasteiger partial charge in [-0.15, -0.1) is 0 Å². The lowest BCUT2D eigenvalue weighted by atomic mass is 10.0. The number of nitrogens with two attached hydrogens (primary N) is 1. The Labute approximate surface area is 150 Å². The first-order chi connectivity index (χ1) is 12.3. The van der Waals surface area contributed by atoms with Crippen LogP contribution in [0.5, 0.6) is 0 Å². The maximum Gasteiger partial charge on any atom is 0.411 e. The molecular formula is C17H22N4O5. The second-order valence-electron chi connectivity index (χ2n) is 5.99. The fourth-order valence-corrected chi connectivity index (χ4v) is 2.78. The van der Waals surface area contributed by atoms with Crippen molar-refractivity contribution in [1.82, 2.24) is 15.5 Å². The molecule has 1 fully saturated rings. The lowest BCUT2D eigenvalue weighted by Crippen LogP contribution is -2.51. The molecule has 26 heavy (non-hydrogen) atoms. The first-order valence-corrected chi connectivity index (χ1v) is 8.15. The monoisotopic (exact) mass is 362 g/mol. The fraction of sp³-hybridized carbons (Fsp3) is 0.412. The highest BCUT2D eigenvalue weighted by molar-refractivity contribution is 5.92. The molecule has 9 nitrogen and oxygen atoms in total. The molecule has 4 amide bonds. The molecule has 0 spiro atoms. The predicted octanol–water partition coefficient (Wildman–Crippen LogP) is -0.325. The second kappa shape index (κ2) is 8.32.